The quantitative estimate of drug-likeness (QED) is 0.279. The fourth-order valence-corrected chi connectivity index (χ4v) is 2.95. The fraction of sp³-hybridized carbons (Fsp3) is 0.300. The van der Waals surface area contributed by atoms with Gasteiger partial charge < -0.3 is 10.1 Å². The van der Waals surface area contributed by atoms with Crippen LogP contribution in [0.3, 0.4) is 0 Å². The molecule has 1 aromatic carbocycles. The number of nitrogens with zero attached hydrogens (tertiary/aromatic N) is 4. The van der Waals surface area contributed by atoms with Crippen LogP contribution >= 0.6 is 11.6 Å². The maximum atomic E-state index is 15.0. The Morgan fingerprint density at radius 2 is 1.70 bits per heavy atom. The Balaban J connectivity index is 2.15. The topological polar surface area (TPSA) is 84.8 Å². The highest BCUT2D eigenvalue weighted by atomic mass is 35.5. The first-order valence-electron chi connectivity index (χ1n) is 9.42. The molecule has 2 heterocycles. The lowest BCUT2D eigenvalue weighted by molar-refractivity contribution is -0.115. The van der Waals surface area contributed by atoms with Crippen LogP contribution in [0.15, 0.2) is 30.7 Å². The van der Waals surface area contributed by atoms with Crippen molar-refractivity contribution in [2.45, 2.75) is 25.7 Å². The minimum absolute atomic E-state index is 0.0972. The first kappa shape index (κ1) is 24.5. The van der Waals surface area contributed by atoms with Gasteiger partial charge in [-0.3, -0.25) is 10.3 Å². The highest BCUT2D eigenvalue weighted by molar-refractivity contribution is 6.32. The van der Waals surface area contributed by atoms with Gasteiger partial charge in [0.15, 0.2) is 11.5 Å². The van der Waals surface area contributed by atoms with Crippen LogP contribution in [-0.4, -0.2) is 45.4 Å². The summed E-state index contributed by atoms with van der Waals surface area (Å²) in [5, 5.41) is 4.36. The average Bonchev–Trinajstić information content (AvgIpc) is 2.72. The van der Waals surface area contributed by atoms with Crippen molar-refractivity contribution in [2.24, 2.45) is 0 Å². The minimum atomic E-state index is -4.64. The number of nitrogens with one attached hydrogen (secondary N) is 2. The largest absolute Gasteiger partial charge is 0.473 e. The molecule has 0 atom stereocenters. The third kappa shape index (κ3) is 6.02. The molecule has 33 heavy (non-hydrogen) atoms. The second-order valence-corrected chi connectivity index (χ2v) is 7.60. The summed E-state index contributed by atoms with van der Waals surface area (Å²) in [5.41, 5.74) is -2.05. The van der Waals surface area contributed by atoms with Crippen molar-refractivity contribution in [3.8, 4) is 28.4 Å². The zero-order valence-electron chi connectivity index (χ0n) is 17.6. The van der Waals surface area contributed by atoms with E-state index in [1.165, 1.54) is 18.6 Å². The number of anilines is 1. The zero-order valence-corrected chi connectivity index (χ0v) is 18.3. The molecule has 2 N–H and O–H groups in total. The molecular formula is C20H18ClF5N6O. The minimum Gasteiger partial charge on any atom is -0.473 e. The molecule has 3 aromatic rings. The maximum absolute atomic E-state index is 15.0. The van der Waals surface area contributed by atoms with Crippen LogP contribution in [0.1, 0.15) is 13.8 Å². The van der Waals surface area contributed by atoms with Crippen LogP contribution in [0, 0.1) is 11.6 Å². The van der Waals surface area contributed by atoms with Gasteiger partial charge in [-0.2, -0.15) is 13.2 Å². The SMILES string of the molecule is CNC(C)(C)Oc1cc(F)c(-c2c(Cl)nc(-c3cnccn3)nc2NCC(F)(F)F)c(F)c1. The molecule has 0 aliphatic heterocycles. The number of benzene rings is 1. The van der Waals surface area contributed by atoms with Crippen molar-refractivity contribution in [3.63, 3.8) is 0 Å². The van der Waals surface area contributed by atoms with E-state index in [1.54, 1.807) is 20.9 Å². The van der Waals surface area contributed by atoms with E-state index in [0.29, 0.717) is 0 Å². The van der Waals surface area contributed by atoms with Crippen molar-refractivity contribution in [1.82, 2.24) is 25.3 Å². The van der Waals surface area contributed by atoms with Gasteiger partial charge in [0.2, 0.25) is 0 Å². The molecule has 0 unspecified atom stereocenters. The summed E-state index contributed by atoms with van der Waals surface area (Å²) in [7, 11) is 1.59. The summed E-state index contributed by atoms with van der Waals surface area (Å²) in [5.74, 6) is -3.13. The van der Waals surface area contributed by atoms with Crippen molar-refractivity contribution >= 4 is 17.4 Å². The van der Waals surface area contributed by atoms with Crippen LogP contribution in [-0.2, 0) is 0 Å². The molecule has 2 aromatic heterocycles. The molecule has 0 spiro atoms. The molecule has 0 bridgehead atoms. The highest BCUT2D eigenvalue weighted by Crippen LogP contribution is 2.39. The Morgan fingerprint density at radius 1 is 1.03 bits per heavy atom. The molecule has 176 valence electrons. The molecule has 0 aliphatic carbocycles. The van der Waals surface area contributed by atoms with Gasteiger partial charge in [0.1, 0.15) is 40.6 Å². The van der Waals surface area contributed by atoms with E-state index in [2.05, 4.69) is 25.3 Å². The standard InChI is InChI=1S/C20H18ClF5N6O/c1-19(2,27-3)33-10-6-11(22)14(12(23)7-10)15-16(21)31-17(13-8-28-4-5-29-13)32-18(15)30-9-20(24,25)26/h4-8,27H,9H2,1-3H3,(H,30,31,32). The molecule has 0 fully saturated rings. The van der Waals surface area contributed by atoms with Crippen LogP contribution in [0.5, 0.6) is 5.75 Å². The van der Waals surface area contributed by atoms with E-state index in [4.69, 9.17) is 16.3 Å². The van der Waals surface area contributed by atoms with E-state index < -0.39 is 52.2 Å². The lowest BCUT2D eigenvalue weighted by Gasteiger charge is -2.26. The summed E-state index contributed by atoms with van der Waals surface area (Å²) in [4.78, 5) is 15.7. The van der Waals surface area contributed by atoms with Crippen LogP contribution < -0.4 is 15.4 Å². The molecule has 3 rings (SSSR count). The van der Waals surface area contributed by atoms with Gasteiger partial charge in [0, 0.05) is 24.5 Å². The molecular weight excluding hydrogens is 471 g/mol. The van der Waals surface area contributed by atoms with Gasteiger partial charge in [-0.05, 0) is 20.9 Å². The number of rotatable bonds is 7. The zero-order chi connectivity index (χ0) is 24.4. The molecule has 0 radical (unpaired) electrons. The summed E-state index contributed by atoms with van der Waals surface area (Å²) in [6.07, 6.45) is -0.704. The highest BCUT2D eigenvalue weighted by Gasteiger charge is 2.30. The Kier molecular flexibility index (Phi) is 6.98. The Morgan fingerprint density at radius 3 is 2.24 bits per heavy atom. The number of aromatic nitrogens is 4. The molecule has 13 heteroatoms. The van der Waals surface area contributed by atoms with Crippen molar-refractivity contribution < 1.29 is 26.7 Å². The van der Waals surface area contributed by atoms with Crippen molar-refractivity contribution in [3.05, 3.63) is 47.5 Å². The first-order chi connectivity index (χ1) is 15.4. The Labute approximate surface area is 190 Å². The second-order valence-electron chi connectivity index (χ2n) is 7.25. The van der Waals surface area contributed by atoms with Gasteiger partial charge in [-0.15, -0.1) is 0 Å². The van der Waals surface area contributed by atoms with Gasteiger partial charge in [-0.1, -0.05) is 11.6 Å². The van der Waals surface area contributed by atoms with Crippen molar-refractivity contribution in [2.75, 3.05) is 18.9 Å². The van der Waals surface area contributed by atoms with Gasteiger partial charge >= 0.3 is 6.18 Å². The third-order valence-corrected chi connectivity index (χ3v) is 4.63. The van der Waals surface area contributed by atoms with Crippen LogP contribution in [0.2, 0.25) is 5.15 Å². The van der Waals surface area contributed by atoms with E-state index in [-0.39, 0.29) is 17.3 Å². The molecule has 0 aliphatic rings. The summed E-state index contributed by atoms with van der Waals surface area (Å²) >= 11 is 6.19. The lowest BCUT2D eigenvalue weighted by Crippen LogP contribution is -2.42. The number of hydrogen-bond acceptors (Lipinski definition) is 7. The summed E-state index contributed by atoms with van der Waals surface area (Å²) in [6, 6.07) is 1.77. The van der Waals surface area contributed by atoms with E-state index >= 15 is 8.78 Å². The number of halogens is 6. The van der Waals surface area contributed by atoms with E-state index in [9.17, 15) is 13.2 Å². The number of hydrogen-bond donors (Lipinski definition) is 2. The lowest BCUT2D eigenvalue weighted by atomic mass is 10.1. The maximum Gasteiger partial charge on any atom is 0.405 e. The van der Waals surface area contributed by atoms with Gasteiger partial charge in [0.25, 0.3) is 0 Å². The molecule has 7 nitrogen and oxygen atoms in total. The number of ether oxygens (including phenoxy) is 1. The smallest absolute Gasteiger partial charge is 0.405 e. The molecule has 0 amide bonds. The third-order valence-electron chi connectivity index (χ3n) is 4.35. The normalized spacial score (nSPS) is 12.0. The van der Waals surface area contributed by atoms with Crippen LogP contribution in [0.25, 0.3) is 22.6 Å². The van der Waals surface area contributed by atoms with Crippen molar-refractivity contribution in [1.29, 1.82) is 0 Å². The Hall–Kier alpha value is -3.12. The average molecular weight is 489 g/mol. The fourth-order valence-electron chi connectivity index (χ4n) is 2.69. The Bertz CT molecular complexity index is 1120. The number of alkyl halides is 3. The molecule has 0 saturated carbocycles. The summed E-state index contributed by atoms with van der Waals surface area (Å²) < 4.78 is 74.1. The molecule has 0 saturated heterocycles. The van der Waals surface area contributed by atoms with E-state index in [0.717, 1.165) is 12.1 Å². The first-order valence-corrected chi connectivity index (χ1v) is 9.80. The van der Waals surface area contributed by atoms with Gasteiger partial charge in [0.05, 0.1) is 17.3 Å². The second kappa shape index (κ2) is 9.40. The predicted molar refractivity (Wildman–Crippen MR) is 112 cm³/mol. The van der Waals surface area contributed by atoms with Gasteiger partial charge in [-0.25, -0.2) is 23.7 Å². The van der Waals surface area contributed by atoms with Crippen LogP contribution in [0.4, 0.5) is 27.8 Å². The predicted octanol–water partition coefficient (Wildman–Crippen LogP) is 4.84. The monoisotopic (exact) mass is 488 g/mol. The summed E-state index contributed by atoms with van der Waals surface area (Å²) in [6.45, 7) is 1.73. The van der Waals surface area contributed by atoms with E-state index in [1.807, 2.05) is 5.32 Å².